The second-order valence-corrected chi connectivity index (χ2v) is 5.01. The van der Waals surface area contributed by atoms with Gasteiger partial charge in [0.25, 0.3) is 0 Å². The Morgan fingerprint density at radius 3 is 2.68 bits per heavy atom. The van der Waals surface area contributed by atoms with Crippen LogP contribution in [-0.4, -0.2) is 15.2 Å². The quantitative estimate of drug-likeness (QED) is 0.726. The lowest BCUT2D eigenvalue weighted by Gasteiger charge is -2.07. The predicted molar refractivity (Wildman–Crippen MR) is 84.6 cm³/mol. The topological polar surface area (TPSA) is 75.9 Å². The molecule has 3 rings (SSSR count). The maximum atomic E-state index is 5.86. The maximum Gasteiger partial charge on any atom is 0.245 e. The molecule has 7 heteroatoms. The molecule has 112 valence electrons. The fourth-order valence-corrected chi connectivity index (χ4v) is 1.96. The van der Waals surface area contributed by atoms with Crippen molar-refractivity contribution < 1.29 is 4.42 Å². The lowest BCUT2D eigenvalue weighted by atomic mass is 10.2. The molecule has 22 heavy (non-hydrogen) atoms. The van der Waals surface area contributed by atoms with Crippen molar-refractivity contribution in [2.24, 2.45) is 0 Å². The second kappa shape index (κ2) is 6.91. The van der Waals surface area contributed by atoms with Crippen LogP contribution >= 0.6 is 11.6 Å². The molecule has 2 heterocycles. The van der Waals surface area contributed by atoms with E-state index in [9.17, 15) is 0 Å². The summed E-state index contributed by atoms with van der Waals surface area (Å²) in [5.41, 5.74) is 1.10. The first-order valence-electron chi connectivity index (χ1n) is 6.74. The van der Waals surface area contributed by atoms with Crippen molar-refractivity contribution in [1.82, 2.24) is 15.2 Å². The third-order valence-corrected chi connectivity index (χ3v) is 3.20. The van der Waals surface area contributed by atoms with Crippen LogP contribution in [0.1, 0.15) is 11.3 Å². The van der Waals surface area contributed by atoms with Crippen LogP contribution in [0.25, 0.3) is 0 Å². The largest absolute Gasteiger partial charge is 0.467 e. The fraction of sp³-hybridized carbons (Fsp3) is 0.133. The van der Waals surface area contributed by atoms with Gasteiger partial charge >= 0.3 is 0 Å². The zero-order chi connectivity index (χ0) is 15.2. The minimum Gasteiger partial charge on any atom is -0.467 e. The van der Waals surface area contributed by atoms with Crippen molar-refractivity contribution in [1.29, 1.82) is 0 Å². The van der Waals surface area contributed by atoms with Crippen molar-refractivity contribution in [2.45, 2.75) is 13.1 Å². The van der Waals surface area contributed by atoms with Crippen LogP contribution in [0.15, 0.2) is 53.3 Å². The molecule has 0 saturated heterocycles. The Morgan fingerprint density at radius 2 is 1.91 bits per heavy atom. The van der Waals surface area contributed by atoms with E-state index in [1.165, 1.54) is 0 Å². The zero-order valence-electron chi connectivity index (χ0n) is 11.7. The molecular weight excluding hydrogens is 302 g/mol. The number of hydrogen-bond donors (Lipinski definition) is 2. The Labute approximate surface area is 132 Å². The molecule has 0 aliphatic carbocycles. The molecule has 0 atom stereocenters. The standard InChI is InChI=1S/C15H14ClN5O/c16-12-5-3-11(4-6-12)8-17-14-10-19-21-15(20-14)18-9-13-2-1-7-22-13/h1-7,10H,8-9H2,(H2,17,18,20,21). The summed E-state index contributed by atoms with van der Waals surface area (Å²) in [7, 11) is 0. The molecule has 2 N–H and O–H groups in total. The van der Waals surface area contributed by atoms with Crippen LogP contribution in [0.4, 0.5) is 11.8 Å². The fourth-order valence-electron chi connectivity index (χ4n) is 1.84. The molecule has 0 aliphatic heterocycles. The van der Waals surface area contributed by atoms with Gasteiger partial charge in [0, 0.05) is 11.6 Å². The molecule has 0 unspecified atom stereocenters. The van der Waals surface area contributed by atoms with Crippen LogP contribution in [0.2, 0.25) is 5.02 Å². The summed E-state index contributed by atoms with van der Waals surface area (Å²) >= 11 is 5.86. The van der Waals surface area contributed by atoms with Gasteiger partial charge in [-0.2, -0.15) is 10.1 Å². The van der Waals surface area contributed by atoms with E-state index in [0.717, 1.165) is 16.3 Å². The molecule has 0 spiro atoms. The van der Waals surface area contributed by atoms with Crippen molar-refractivity contribution >= 4 is 23.4 Å². The van der Waals surface area contributed by atoms with E-state index in [4.69, 9.17) is 16.0 Å². The average Bonchev–Trinajstić information content (AvgIpc) is 3.06. The first kappa shape index (κ1) is 14.3. The molecular formula is C15H14ClN5O. The molecule has 0 amide bonds. The van der Waals surface area contributed by atoms with Crippen LogP contribution < -0.4 is 10.6 Å². The Hall–Kier alpha value is -2.60. The zero-order valence-corrected chi connectivity index (χ0v) is 12.4. The van der Waals surface area contributed by atoms with E-state index in [1.807, 2.05) is 36.4 Å². The van der Waals surface area contributed by atoms with Crippen LogP contribution in [0, 0.1) is 0 Å². The highest BCUT2D eigenvalue weighted by Crippen LogP contribution is 2.12. The number of nitrogens with zero attached hydrogens (tertiary/aromatic N) is 3. The maximum absolute atomic E-state index is 5.86. The summed E-state index contributed by atoms with van der Waals surface area (Å²) in [4.78, 5) is 4.34. The van der Waals surface area contributed by atoms with Gasteiger partial charge in [-0.1, -0.05) is 23.7 Å². The number of aromatic nitrogens is 3. The van der Waals surface area contributed by atoms with Crippen LogP contribution in [0.5, 0.6) is 0 Å². The summed E-state index contributed by atoms with van der Waals surface area (Å²) in [6.07, 6.45) is 3.20. The van der Waals surface area contributed by atoms with Crippen molar-refractivity contribution in [3.63, 3.8) is 0 Å². The minimum atomic E-state index is 0.442. The van der Waals surface area contributed by atoms with Gasteiger partial charge in [0.15, 0.2) is 5.82 Å². The monoisotopic (exact) mass is 315 g/mol. The molecule has 2 aromatic heterocycles. The minimum absolute atomic E-state index is 0.442. The van der Waals surface area contributed by atoms with Crippen LogP contribution in [0.3, 0.4) is 0 Å². The van der Waals surface area contributed by atoms with Gasteiger partial charge in [0.05, 0.1) is 19.0 Å². The van der Waals surface area contributed by atoms with Gasteiger partial charge in [0.1, 0.15) is 5.76 Å². The third kappa shape index (κ3) is 3.95. The lowest BCUT2D eigenvalue weighted by molar-refractivity contribution is 0.517. The van der Waals surface area contributed by atoms with Crippen molar-refractivity contribution in [2.75, 3.05) is 10.6 Å². The summed E-state index contributed by atoms with van der Waals surface area (Å²) in [5.74, 6) is 1.90. The van der Waals surface area contributed by atoms with E-state index >= 15 is 0 Å². The highest BCUT2D eigenvalue weighted by Gasteiger charge is 2.02. The number of anilines is 2. The normalized spacial score (nSPS) is 10.4. The highest BCUT2D eigenvalue weighted by atomic mass is 35.5. The first-order chi connectivity index (χ1) is 10.8. The number of halogens is 1. The summed E-state index contributed by atoms with van der Waals surface area (Å²) in [6.45, 7) is 1.14. The lowest BCUT2D eigenvalue weighted by Crippen LogP contribution is -2.07. The summed E-state index contributed by atoms with van der Waals surface area (Å²) in [6, 6.07) is 11.3. The Kier molecular flexibility index (Phi) is 4.50. The van der Waals surface area contributed by atoms with Gasteiger partial charge in [-0.25, -0.2) is 0 Å². The molecule has 0 bridgehead atoms. The van der Waals surface area contributed by atoms with Gasteiger partial charge in [-0.15, -0.1) is 5.10 Å². The molecule has 0 fully saturated rings. The van der Waals surface area contributed by atoms with E-state index in [1.54, 1.807) is 12.5 Å². The summed E-state index contributed by atoms with van der Waals surface area (Å²) in [5, 5.41) is 14.8. The predicted octanol–water partition coefficient (Wildman–Crippen LogP) is 3.34. The Bertz CT molecular complexity index is 715. The van der Waals surface area contributed by atoms with Gasteiger partial charge < -0.3 is 15.1 Å². The molecule has 0 radical (unpaired) electrons. The molecule has 3 aromatic rings. The van der Waals surface area contributed by atoms with E-state index < -0.39 is 0 Å². The number of hydrogen-bond acceptors (Lipinski definition) is 6. The highest BCUT2D eigenvalue weighted by molar-refractivity contribution is 6.30. The van der Waals surface area contributed by atoms with E-state index in [0.29, 0.717) is 24.9 Å². The molecule has 0 saturated carbocycles. The number of rotatable bonds is 6. The average molecular weight is 316 g/mol. The van der Waals surface area contributed by atoms with Crippen LogP contribution in [-0.2, 0) is 13.1 Å². The van der Waals surface area contributed by atoms with Crippen molar-refractivity contribution in [3.8, 4) is 0 Å². The number of benzene rings is 1. The molecule has 1 aromatic carbocycles. The van der Waals surface area contributed by atoms with Gasteiger partial charge in [-0.3, -0.25) is 0 Å². The van der Waals surface area contributed by atoms with E-state index in [-0.39, 0.29) is 0 Å². The van der Waals surface area contributed by atoms with E-state index in [2.05, 4.69) is 25.8 Å². The molecule has 6 nitrogen and oxygen atoms in total. The number of furan rings is 1. The van der Waals surface area contributed by atoms with Gasteiger partial charge in [0.2, 0.25) is 5.95 Å². The molecule has 0 aliphatic rings. The Balaban J connectivity index is 1.57. The van der Waals surface area contributed by atoms with Gasteiger partial charge in [-0.05, 0) is 29.8 Å². The Morgan fingerprint density at radius 1 is 1.05 bits per heavy atom. The summed E-state index contributed by atoms with van der Waals surface area (Å²) < 4.78 is 5.24. The second-order valence-electron chi connectivity index (χ2n) is 4.58. The number of nitrogens with one attached hydrogen (secondary N) is 2. The smallest absolute Gasteiger partial charge is 0.245 e. The third-order valence-electron chi connectivity index (χ3n) is 2.95. The first-order valence-corrected chi connectivity index (χ1v) is 7.12. The SMILES string of the molecule is Clc1ccc(CNc2cnnc(NCc3ccco3)n2)cc1. The van der Waals surface area contributed by atoms with Crippen molar-refractivity contribution in [3.05, 3.63) is 65.2 Å².